The maximum absolute atomic E-state index is 13.3. The van der Waals surface area contributed by atoms with Crippen molar-refractivity contribution in [3.8, 4) is 0 Å². The van der Waals surface area contributed by atoms with Gasteiger partial charge in [-0.2, -0.15) is 4.98 Å². The third-order valence-corrected chi connectivity index (χ3v) is 5.33. The van der Waals surface area contributed by atoms with Gasteiger partial charge in [0.15, 0.2) is 5.82 Å². The lowest BCUT2D eigenvalue weighted by Gasteiger charge is -2.26. The predicted octanol–water partition coefficient (Wildman–Crippen LogP) is 2.47. The van der Waals surface area contributed by atoms with Crippen LogP contribution in [-0.2, 0) is 21.4 Å². The van der Waals surface area contributed by atoms with Gasteiger partial charge in [0.1, 0.15) is 5.82 Å². The number of amides is 1. The summed E-state index contributed by atoms with van der Waals surface area (Å²) in [6, 6.07) is 6.40. The van der Waals surface area contributed by atoms with E-state index >= 15 is 0 Å². The number of halogens is 1. The van der Waals surface area contributed by atoms with E-state index in [1.807, 2.05) is 4.90 Å². The molecule has 0 radical (unpaired) electrons. The first-order valence-electron chi connectivity index (χ1n) is 9.12. The third-order valence-electron chi connectivity index (χ3n) is 5.33. The van der Waals surface area contributed by atoms with E-state index in [1.165, 1.54) is 12.1 Å². The topological polar surface area (TPSA) is 68.5 Å². The Labute approximate surface area is 151 Å². The van der Waals surface area contributed by atoms with Crippen molar-refractivity contribution < 1.29 is 18.4 Å². The van der Waals surface area contributed by atoms with Crippen LogP contribution in [0.2, 0.25) is 0 Å². The van der Waals surface area contributed by atoms with Crippen LogP contribution in [0.4, 0.5) is 4.39 Å². The Hall–Kier alpha value is -2.28. The average molecular weight is 359 g/mol. The van der Waals surface area contributed by atoms with E-state index < -0.39 is 5.41 Å². The van der Waals surface area contributed by atoms with Crippen LogP contribution in [0.5, 0.6) is 0 Å². The van der Waals surface area contributed by atoms with Gasteiger partial charge in [0.05, 0.1) is 12.0 Å². The van der Waals surface area contributed by atoms with Gasteiger partial charge in [-0.3, -0.25) is 4.79 Å². The minimum Gasteiger partial charge on any atom is -0.380 e. The van der Waals surface area contributed by atoms with E-state index in [2.05, 4.69) is 10.1 Å². The van der Waals surface area contributed by atoms with Gasteiger partial charge in [0, 0.05) is 32.5 Å². The first-order valence-corrected chi connectivity index (χ1v) is 9.12. The van der Waals surface area contributed by atoms with E-state index in [0.29, 0.717) is 44.3 Å². The minimum atomic E-state index is -0.504. The van der Waals surface area contributed by atoms with Crippen molar-refractivity contribution in [2.45, 2.75) is 37.5 Å². The maximum Gasteiger partial charge on any atom is 0.228 e. The maximum atomic E-state index is 13.3. The Balaban J connectivity index is 1.51. The molecule has 138 valence electrons. The number of hydrogen-bond donors (Lipinski definition) is 0. The number of carbonyl (C=O) groups excluding carboxylic acids is 1. The Morgan fingerprint density at radius 3 is 2.81 bits per heavy atom. The molecule has 0 N–H and O–H groups in total. The molecule has 0 spiro atoms. The highest BCUT2D eigenvalue weighted by Crippen LogP contribution is 2.38. The van der Waals surface area contributed by atoms with Crippen molar-refractivity contribution in [2.24, 2.45) is 0 Å². The summed E-state index contributed by atoms with van der Waals surface area (Å²) >= 11 is 0. The van der Waals surface area contributed by atoms with Crippen LogP contribution in [0.1, 0.15) is 43.0 Å². The van der Waals surface area contributed by atoms with Crippen molar-refractivity contribution in [2.75, 3.05) is 26.3 Å². The van der Waals surface area contributed by atoms with Crippen molar-refractivity contribution in [3.05, 3.63) is 47.4 Å². The number of hydrogen-bond acceptors (Lipinski definition) is 5. The first kappa shape index (κ1) is 17.1. The van der Waals surface area contributed by atoms with Crippen LogP contribution < -0.4 is 0 Å². The van der Waals surface area contributed by atoms with E-state index in [-0.39, 0.29) is 11.7 Å². The van der Waals surface area contributed by atoms with Gasteiger partial charge in [-0.25, -0.2) is 4.39 Å². The Morgan fingerprint density at radius 1 is 1.23 bits per heavy atom. The molecule has 7 heteroatoms. The SMILES string of the molecule is O=C1CCCCN1CCc1nc([C@]2(c3ccc(F)cc3)CCOC2)no1. The van der Waals surface area contributed by atoms with Gasteiger partial charge in [0.25, 0.3) is 0 Å². The largest absolute Gasteiger partial charge is 0.380 e. The van der Waals surface area contributed by atoms with Crippen LogP contribution in [0, 0.1) is 5.82 Å². The zero-order valence-electron chi connectivity index (χ0n) is 14.6. The number of nitrogens with zero attached hydrogens (tertiary/aromatic N) is 3. The highest BCUT2D eigenvalue weighted by atomic mass is 19.1. The number of benzene rings is 1. The zero-order valence-corrected chi connectivity index (χ0v) is 14.6. The normalized spacial score (nSPS) is 23.6. The molecule has 2 aliphatic rings. The molecule has 1 aromatic carbocycles. The van der Waals surface area contributed by atoms with Crippen molar-refractivity contribution in [1.82, 2.24) is 15.0 Å². The number of rotatable bonds is 5. The number of piperidine rings is 1. The standard InChI is InChI=1S/C19H22FN3O3/c20-15-6-4-14(5-7-15)19(9-12-25-13-19)18-21-16(26-22-18)8-11-23-10-2-1-3-17(23)24/h4-7H,1-3,8-13H2/t19-/m1/s1. The summed E-state index contributed by atoms with van der Waals surface area (Å²) in [5.41, 5.74) is 0.422. The number of ether oxygens (including phenoxy) is 1. The molecule has 1 amide bonds. The zero-order chi connectivity index (χ0) is 18.0. The Morgan fingerprint density at radius 2 is 2.08 bits per heavy atom. The molecule has 1 atom stereocenters. The molecule has 0 unspecified atom stereocenters. The summed E-state index contributed by atoms with van der Waals surface area (Å²) in [5.74, 6) is 1.01. The second kappa shape index (κ2) is 7.15. The molecule has 0 bridgehead atoms. The van der Waals surface area contributed by atoms with E-state index in [1.54, 1.807) is 12.1 Å². The average Bonchev–Trinajstić information content (AvgIpc) is 3.32. The quantitative estimate of drug-likeness (QED) is 0.820. The molecule has 2 aromatic rings. The summed E-state index contributed by atoms with van der Waals surface area (Å²) in [6.45, 7) is 2.44. The van der Waals surface area contributed by atoms with Crippen LogP contribution in [0.25, 0.3) is 0 Å². The van der Waals surface area contributed by atoms with Crippen LogP contribution >= 0.6 is 0 Å². The van der Waals surface area contributed by atoms with Crippen molar-refractivity contribution >= 4 is 5.91 Å². The summed E-state index contributed by atoms with van der Waals surface area (Å²) in [6.07, 6.45) is 3.91. The predicted molar refractivity (Wildman–Crippen MR) is 91.0 cm³/mol. The molecule has 0 saturated carbocycles. The lowest BCUT2D eigenvalue weighted by atomic mass is 9.79. The van der Waals surface area contributed by atoms with Gasteiger partial charge in [-0.1, -0.05) is 17.3 Å². The summed E-state index contributed by atoms with van der Waals surface area (Å²) in [7, 11) is 0. The highest BCUT2D eigenvalue weighted by Gasteiger charge is 2.42. The fraction of sp³-hybridized carbons (Fsp3) is 0.526. The summed E-state index contributed by atoms with van der Waals surface area (Å²) in [5, 5.41) is 4.19. The molecule has 2 fully saturated rings. The van der Waals surface area contributed by atoms with Crippen molar-refractivity contribution in [3.63, 3.8) is 0 Å². The molecular formula is C19H22FN3O3. The van der Waals surface area contributed by atoms with E-state index in [0.717, 1.165) is 31.4 Å². The van der Waals surface area contributed by atoms with E-state index in [4.69, 9.17) is 9.26 Å². The molecule has 26 heavy (non-hydrogen) atoms. The van der Waals surface area contributed by atoms with Crippen molar-refractivity contribution in [1.29, 1.82) is 0 Å². The van der Waals surface area contributed by atoms with E-state index in [9.17, 15) is 9.18 Å². The third kappa shape index (κ3) is 3.23. The molecule has 2 aliphatic heterocycles. The molecule has 0 aliphatic carbocycles. The second-order valence-electron chi connectivity index (χ2n) is 6.99. The lowest BCUT2D eigenvalue weighted by Crippen LogP contribution is -2.36. The minimum absolute atomic E-state index is 0.197. The fourth-order valence-electron chi connectivity index (χ4n) is 3.75. The van der Waals surface area contributed by atoms with Crippen LogP contribution in [-0.4, -0.2) is 47.3 Å². The summed E-state index contributed by atoms with van der Waals surface area (Å²) < 4.78 is 24.4. The molecule has 3 heterocycles. The molecule has 2 saturated heterocycles. The molecule has 1 aromatic heterocycles. The van der Waals surface area contributed by atoms with Gasteiger partial charge in [-0.15, -0.1) is 0 Å². The number of carbonyl (C=O) groups is 1. The number of aromatic nitrogens is 2. The highest BCUT2D eigenvalue weighted by molar-refractivity contribution is 5.76. The second-order valence-corrected chi connectivity index (χ2v) is 6.99. The van der Waals surface area contributed by atoms with Gasteiger partial charge in [0.2, 0.25) is 11.8 Å². The first-order chi connectivity index (χ1) is 12.7. The number of likely N-dealkylation sites (tertiary alicyclic amines) is 1. The summed E-state index contributed by atoms with van der Waals surface area (Å²) in [4.78, 5) is 18.4. The fourth-order valence-corrected chi connectivity index (χ4v) is 3.75. The van der Waals surface area contributed by atoms with Crippen LogP contribution in [0.3, 0.4) is 0 Å². The lowest BCUT2D eigenvalue weighted by molar-refractivity contribution is -0.133. The molecular weight excluding hydrogens is 337 g/mol. The Kier molecular flexibility index (Phi) is 4.72. The monoisotopic (exact) mass is 359 g/mol. The van der Waals surface area contributed by atoms with Gasteiger partial charge < -0.3 is 14.2 Å². The molecule has 4 rings (SSSR count). The molecule has 6 nitrogen and oxygen atoms in total. The van der Waals surface area contributed by atoms with Crippen LogP contribution in [0.15, 0.2) is 28.8 Å². The van der Waals surface area contributed by atoms with Gasteiger partial charge in [-0.05, 0) is 37.0 Å². The Bertz CT molecular complexity index is 769. The smallest absolute Gasteiger partial charge is 0.228 e. The van der Waals surface area contributed by atoms with Gasteiger partial charge >= 0.3 is 0 Å².